The molecule has 1 aromatic rings. The van der Waals surface area contributed by atoms with Crippen molar-refractivity contribution in [2.24, 2.45) is 0 Å². The lowest BCUT2D eigenvalue weighted by atomic mass is 10.0. The molecule has 1 heterocycles. The third-order valence-electron chi connectivity index (χ3n) is 5.75. The van der Waals surface area contributed by atoms with Crippen LogP contribution >= 0.6 is 12.2 Å². The lowest BCUT2D eigenvalue weighted by molar-refractivity contribution is -0.141. The van der Waals surface area contributed by atoms with Crippen molar-refractivity contribution in [2.45, 2.75) is 70.5 Å². The van der Waals surface area contributed by atoms with Crippen LogP contribution in [0.15, 0.2) is 18.2 Å². The number of halogens is 3. The molecule has 180 valence electrons. The second-order valence-corrected chi connectivity index (χ2v) is 8.79. The van der Waals surface area contributed by atoms with E-state index in [9.17, 15) is 22.8 Å². The fraction of sp³-hybridized carbons (Fsp3) is 0.565. The fourth-order valence-electron chi connectivity index (χ4n) is 3.79. The molecule has 10 heteroatoms. The monoisotopic (exact) mass is 483 g/mol. The molecular weight excluding hydrogens is 455 g/mol. The van der Waals surface area contributed by atoms with Crippen molar-refractivity contribution >= 4 is 34.9 Å². The molecule has 0 saturated carbocycles. The minimum absolute atomic E-state index is 0.00231. The highest BCUT2D eigenvalue weighted by molar-refractivity contribution is 7.80. The summed E-state index contributed by atoms with van der Waals surface area (Å²) in [7, 11) is 1.37. The minimum Gasteiger partial charge on any atom is -0.469 e. The van der Waals surface area contributed by atoms with Gasteiger partial charge in [-0.05, 0) is 57.1 Å². The first-order valence-corrected chi connectivity index (χ1v) is 11.2. The Morgan fingerprint density at radius 3 is 2.33 bits per heavy atom. The number of nitriles is 1. The molecule has 1 aromatic carbocycles. The first kappa shape index (κ1) is 26.6. The maximum absolute atomic E-state index is 13.4. The summed E-state index contributed by atoms with van der Waals surface area (Å²) in [5.41, 5.74) is -2.60. The summed E-state index contributed by atoms with van der Waals surface area (Å²) in [6.45, 7) is 3.89. The van der Waals surface area contributed by atoms with Gasteiger partial charge in [-0.25, -0.2) is 0 Å². The van der Waals surface area contributed by atoms with Gasteiger partial charge in [0.05, 0.1) is 30.0 Å². The average molecular weight is 484 g/mol. The highest BCUT2D eigenvalue weighted by Crippen LogP contribution is 2.37. The third kappa shape index (κ3) is 6.22. The molecule has 0 unspecified atom stereocenters. The van der Waals surface area contributed by atoms with Crippen LogP contribution < -0.4 is 4.90 Å². The molecule has 1 aliphatic heterocycles. The van der Waals surface area contributed by atoms with Crippen molar-refractivity contribution < 1.29 is 27.5 Å². The summed E-state index contributed by atoms with van der Waals surface area (Å²) in [6, 6.07) is 4.71. The molecule has 0 bridgehead atoms. The number of hydrogen-bond acceptors (Lipinski definition) is 5. The van der Waals surface area contributed by atoms with E-state index >= 15 is 0 Å². The molecule has 0 N–H and O–H groups in total. The Bertz CT molecular complexity index is 941. The summed E-state index contributed by atoms with van der Waals surface area (Å²) in [4.78, 5) is 27.0. The number of nitrogens with zero attached hydrogens (tertiary/aromatic N) is 3. The predicted octanol–water partition coefficient (Wildman–Crippen LogP) is 5.19. The number of carbonyl (C=O) groups excluding carboxylic acids is 2. The summed E-state index contributed by atoms with van der Waals surface area (Å²) >= 11 is 5.48. The van der Waals surface area contributed by atoms with Gasteiger partial charge in [0, 0.05) is 13.0 Å². The number of alkyl halides is 3. The molecule has 1 saturated heterocycles. The number of unbranched alkanes of at least 4 members (excludes halogenated alkanes) is 5. The highest BCUT2D eigenvalue weighted by Gasteiger charge is 2.49. The first-order valence-electron chi connectivity index (χ1n) is 10.8. The molecule has 0 radical (unpaired) electrons. The van der Waals surface area contributed by atoms with Crippen LogP contribution in [0.4, 0.5) is 18.9 Å². The molecule has 1 amide bonds. The van der Waals surface area contributed by atoms with Crippen LogP contribution in [-0.2, 0) is 20.5 Å². The molecule has 0 aromatic heterocycles. The number of anilines is 1. The number of esters is 1. The standard InChI is InChI=1S/C23H28F3N3O3S/c1-22(2)20(31)29(17-12-11-16(15-27)18(14-17)23(24,25)26)21(33)28(22)13-9-7-5-4-6-8-10-19(30)32-3/h11-12,14H,4-10,13H2,1-3H3. The quantitative estimate of drug-likeness (QED) is 0.259. The van der Waals surface area contributed by atoms with E-state index in [0.29, 0.717) is 13.0 Å². The molecule has 0 atom stereocenters. The number of rotatable bonds is 10. The molecule has 1 aliphatic rings. The number of amides is 1. The van der Waals surface area contributed by atoms with E-state index in [-0.39, 0.29) is 16.8 Å². The maximum atomic E-state index is 13.4. The first-order chi connectivity index (χ1) is 15.4. The van der Waals surface area contributed by atoms with E-state index in [1.165, 1.54) is 19.2 Å². The van der Waals surface area contributed by atoms with Gasteiger partial charge >= 0.3 is 12.1 Å². The largest absolute Gasteiger partial charge is 0.469 e. The smallest absolute Gasteiger partial charge is 0.417 e. The summed E-state index contributed by atoms with van der Waals surface area (Å²) in [6.07, 6.45) is 0.998. The van der Waals surface area contributed by atoms with E-state index in [0.717, 1.165) is 55.6 Å². The molecule has 33 heavy (non-hydrogen) atoms. The second kappa shape index (κ2) is 11.0. The molecular formula is C23H28F3N3O3S. The summed E-state index contributed by atoms with van der Waals surface area (Å²) in [5.74, 6) is -0.619. The van der Waals surface area contributed by atoms with Gasteiger partial charge in [-0.3, -0.25) is 14.5 Å². The molecule has 0 spiro atoms. The zero-order valence-corrected chi connectivity index (χ0v) is 19.8. The van der Waals surface area contributed by atoms with Crippen LogP contribution in [-0.4, -0.2) is 41.1 Å². The van der Waals surface area contributed by atoms with E-state index in [1.807, 2.05) is 0 Å². The minimum atomic E-state index is -4.72. The number of carbonyl (C=O) groups is 2. The Labute approximate surface area is 197 Å². The van der Waals surface area contributed by atoms with Crippen molar-refractivity contribution in [3.05, 3.63) is 29.3 Å². The second-order valence-electron chi connectivity index (χ2n) is 8.42. The van der Waals surface area contributed by atoms with Crippen LogP contribution in [0.2, 0.25) is 0 Å². The van der Waals surface area contributed by atoms with Crippen molar-refractivity contribution in [2.75, 3.05) is 18.6 Å². The summed E-state index contributed by atoms with van der Waals surface area (Å²) < 4.78 is 44.7. The number of hydrogen-bond donors (Lipinski definition) is 0. The van der Waals surface area contributed by atoms with Gasteiger partial charge in [0.2, 0.25) is 0 Å². The summed E-state index contributed by atoms with van der Waals surface area (Å²) in [5, 5.41) is 9.16. The Morgan fingerprint density at radius 1 is 1.15 bits per heavy atom. The number of thiocarbonyl (C=S) groups is 1. The average Bonchev–Trinajstić information content (AvgIpc) is 2.93. The van der Waals surface area contributed by atoms with Crippen LogP contribution in [0.25, 0.3) is 0 Å². The predicted molar refractivity (Wildman–Crippen MR) is 121 cm³/mol. The molecule has 1 fully saturated rings. The fourth-order valence-corrected chi connectivity index (χ4v) is 4.30. The lowest BCUT2D eigenvalue weighted by Gasteiger charge is -2.29. The van der Waals surface area contributed by atoms with E-state index in [1.54, 1.807) is 18.7 Å². The van der Waals surface area contributed by atoms with E-state index in [2.05, 4.69) is 4.74 Å². The Kier molecular flexibility index (Phi) is 8.83. The van der Waals surface area contributed by atoms with Gasteiger partial charge in [0.25, 0.3) is 5.91 Å². The van der Waals surface area contributed by atoms with Crippen molar-refractivity contribution in [3.8, 4) is 6.07 Å². The molecule has 0 aliphatic carbocycles. The number of ether oxygens (including phenoxy) is 1. The van der Waals surface area contributed by atoms with Gasteiger partial charge in [0.15, 0.2) is 5.11 Å². The van der Waals surface area contributed by atoms with Crippen molar-refractivity contribution in [3.63, 3.8) is 0 Å². The Balaban J connectivity index is 2.01. The van der Waals surface area contributed by atoms with Crippen molar-refractivity contribution in [1.29, 1.82) is 5.26 Å². The Hall–Kier alpha value is -2.67. The van der Waals surface area contributed by atoms with Gasteiger partial charge in [-0.1, -0.05) is 25.7 Å². The number of methoxy groups -OCH3 is 1. The normalized spacial score (nSPS) is 15.7. The number of benzene rings is 1. The van der Waals surface area contributed by atoms with Gasteiger partial charge in [-0.2, -0.15) is 18.4 Å². The van der Waals surface area contributed by atoms with Gasteiger partial charge in [0.1, 0.15) is 5.54 Å². The maximum Gasteiger partial charge on any atom is 0.417 e. The van der Waals surface area contributed by atoms with Crippen molar-refractivity contribution in [1.82, 2.24) is 4.90 Å². The zero-order valence-electron chi connectivity index (χ0n) is 19.0. The SMILES string of the molecule is COC(=O)CCCCCCCCN1C(=S)N(c2ccc(C#N)c(C(F)(F)F)c2)C(=O)C1(C)C. The Morgan fingerprint density at radius 2 is 1.76 bits per heavy atom. The zero-order chi connectivity index (χ0) is 24.8. The van der Waals surface area contributed by atoms with E-state index < -0.39 is 28.7 Å². The lowest BCUT2D eigenvalue weighted by Crippen LogP contribution is -2.44. The third-order valence-corrected chi connectivity index (χ3v) is 6.15. The van der Waals surface area contributed by atoms with Crippen LogP contribution in [0.5, 0.6) is 0 Å². The van der Waals surface area contributed by atoms with Gasteiger partial charge in [-0.15, -0.1) is 0 Å². The topological polar surface area (TPSA) is 73.6 Å². The van der Waals surface area contributed by atoms with Gasteiger partial charge < -0.3 is 9.64 Å². The molecule has 2 rings (SSSR count). The molecule has 6 nitrogen and oxygen atoms in total. The van der Waals surface area contributed by atoms with E-state index in [4.69, 9.17) is 17.5 Å². The van der Waals surface area contributed by atoms with Crippen LogP contribution in [0.1, 0.15) is 69.9 Å². The van der Waals surface area contributed by atoms with Crippen LogP contribution in [0, 0.1) is 11.3 Å². The highest BCUT2D eigenvalue weighted by atomic mass is 32.1. The van der Waals surface area contributed by atoms with Crippen LogP contribution in [0.3, 0.4) is 0 Å².